The summed E-state index contributed by atoms with van der Waals surface area (Å²) in [5.41, 5.74) is -0.246. The van der Waals surface area contributed by atoms with Gasteiger partial charge in [-0.2, -0.15) is 0 Å². The van der Waals surface area contributed by atoms with Crippen LogP contribution < -0.4 is 10.2 Å². The minimum absolute atomic E-state index is 0.0836. The second-order valence-corrected chi connectivity index (χ2v) is 5.00. The van der Waals surface area contributed by atoms with E-state index in [0.29, 0.717) is 12.5 Å². The van der Waals surface area contributed by atoms with Gasteiger partial charge in [0.05, 0.1) is 17.8 Å². The largest absolute Gasteiger partial charge is 0.478 e. The van der Waals surface area contributed by atoms with Crippen LogP contribution in [0.4, 0.5) is 10.1 Å². The molecule has 110 valence electrons. The lowest BCUT2D eigenvalue weighted by Gasteiger charge is -2.21. The van der Waals surface area contributed by atoms with Gasteiger partial charge in [0.25, 0.3) is 0 Å². The number of para-hydroxylation sites is 1. The SMILES string of the molecule is CC(C)CNC(=O)CN(C)c1c(F)cccc1C(=O)O. The van der Waals surface area contributed by atoms with Gasteiger partial charge in [0, 0.05) is 13.6 Å². The number of halogens is 1. The van der Waals surface area contributed by atoms with Gasteiger partial charge in [0.15, 0.2) is 0 Å². The van der Waals surface area contributed by atoms with E-state index in [-0.39, 0.29) is 23.7 Å². The van der Waals surface area contributed by atoms with Gasteiger partial charge in [0.1, 0.15) is 5.82 Å². The number of anilines is 1. The number of hydrogen-bond donors (Lipinski definition) is 2. The van der Waals surface area contributed by atoms with Gasteiger partial charge in [-0.05, 0) is 18.1 Å². The fourth-order valence-electron chi connectivity index (χ4n) is 1.74. The van der Waals surface area contributed by atoms with Crippen LogP contribution in [0.2, 0.25) is 0 Å². The molecule has 0 saturated carbocycles. The summed E-state index contributed by atoms with van der Waals surface area (Å²) in [6.07, 6.45) is 0. The average molecular weight is 282 g/mol. The number of carbonyl (C=O) groups is 2. The van der Waals surface area contributed by atoms with Crippen LogP contribution in [0.1, 0.15) is 24.2 Å². The molecule has 20 heavy (non-hydrogen) atoms. The molecule has 2 N–H and O–H groups in total. The molecule has 0 atom stereocenters. The number of carboxylic acid groups (broad SMARTS) is 1. The van der Waals surface area contributed by atoms with Crippen molar-refractivity contribution >= 4 is 17.6 Å². The van der Waals surface area contributed by atoms with E-state index in [9.17, 15) is 14.0 Å². The lowest BCUT2D eigenvalue weighted by Crippen LogP contribution is -2.37. The number of nitrogens with zero attached hydrogens (tertiary/aromatic N) is 1. The molecule has 0 aromatic heterocycles. The van der Waals surface area contributed by atoms with Gasteiger partial charge in [-0.25, -0.2) is 9.18 Å². The molecule has 1 amide bonds. The molecule has 0 unspecified atom stereocenters. The zero-order valence-electron chi connectivity index (χ0n) is 11.8. The van der Waals surface area contributed by atoms with E-state index in [2.05, 4.69) is 5.32 Å². The summed E-state index contributed by atoms with van der Waals surface area (Å²) in [5.74, 6) is -1.86. The van der Waals surface area contributed by atoms with Crippen LogP contribution in [0.15, 0.2) is 18.2 Å². The van der Waals surface area contributed by atoms with Crippen LogP contribution in [-0.4, -0.2) is 37.1 Å². The number of hydrogen-bond acceptors (Lipinski definition) is 3. The number of likely N-dealkylation sites (N-methyl/N-ethyl adjacent to an activating group) is 1. The zero-order chi connectivity index (χ0) is 15.3. The number of rotatable bonds is 6. The summed E-state index contributed by atoms with van der Waals surface area (Å²) in [5, 5.41) is 11.8. The van der Waals surface area contributed by atoms with Gasteiger partial charge in [-0.15, -0.1) is 0 Å². The Labute approximate surface area is 117 Å². The highest BCUT2D eigenvalue weighted by atomic mass is 19.1. The second kappa shape index (κ2) is 6.88. The van der Waals surface area contributed by atoms with Crippen LogP contribution in [0.5, 0.6) is 0 Å². The lowest BCUT2D eigenvalue weighted by atomic mass is 10.1. The fraction of sp³-hybridized carbons (Fsp3) is 0.429. The molecule has 5 nitrogen and oxygen atoms in total. The molecule has 1 rings (SSSR count). The van der Waals surface area contributed by atoms with E-state index < -0.39 is 11.8 Å². The van der Waals surface area contributed by atoms with Crippen molar-refractivity contribution in [3.63, 3.8) is 0 Å². The summed E-state index contributed by atoms with van der Waals surface area (Å²) in [7, 11) is 1.49. The highest BCUT2D eigenvalue weighted by Crippen LogP contribution is 2.23. The maximum atomic E-state index is 13.8. The number of nitrogens with one attached hydrogen (secondary N) is 1. The van der Waals surface area contributed by atoms with E-state index in [1.165, 1.54) is 30.1 Å². The molecule has 0 aliphatic rings. The van der Waals surface area contributed by atoms with Crippen molar-refractivity contribution in [2.45, 2.75) is 13.8 Å². The maximum Gasteiger partial charge on any atom is 0.337 e. The Kier molecular flexibility index (Phi) is 5.49. The molecule has 0 fully saturated rings. The third-order valence-electron chi connectivity index (χ3n) is 2.69. The Balaban J connectivity index is 2.84. The molecule has 0 saturated heterocycles. The molecule has 1 aromatic carbocycles. The first-order valence-corrected chi connectivity index (χ1v) is 6.32. The van der Waals surface area contributed by atoms with Gasteiger partial charge >= 0.3 is 5.97 Å². The first-order chi connectivity index (χ1) is 9.32. The van der Waals surface area contributed by atoms with Crippen LogP contribution in [-0.2, 0) is 4.79 Å². The van der Waals surface area contributed by atoms with Crippen LogP contribution in [0.3, 0.4) is 0 Å². The predicted octanol–water partition coefficient (Wildman–Crippen LogP) is 1.73. The molecule has 0 spiro atoms. The van der Waals surface area contributed by atoms with Crippen molar-refractivity contribution in [1.29, 1.82) is 0 Å². The maximum absolute atomic E-state index is 13.8. The standard InChI is InChI=1S/C14H19FN2O3/c1-9(2)7-16-12(18)8-17(3)13-10(14(19)20)5-4-6-11(13)15/h4-6,9H,7-8H2,1-3H3,(H,16,18)(H,19,20). The van der Waals surface area contributed by atoms with Gasteiger partial charge in [0.2, 0.25) is 5.91 Å². The lowest BCUT2D eigenvalue weighted by molar-refractivity contribution is -0.119. The molecule has 0 heterocycles. The predicted molar refractivity (Wildman–Crippen MR) is 74.5 cm³/mol. The molecule has 6 heteroatoms. The van der Waals surface area contributed by atoms with Gasteiger partial charge in [-0.3, -0.25) is 4.79 Å². The van der Waals surface area contributed by atoms with Crippen molar-refractivity contribution in [3.05, 3.63) is 29.6 Å². The highest BCUT2D eigenvalue weighted by Gasteiger charge is 2.19. The first-order valence-electron chi connectivity index (χ1n) is 6.32. The van der Waals surface area contributed by atoms with Crippen molar-refractivity contribution in [3.8, 4) is 0 Å². The van der Waals surface area contributed by atoms with Crippen molar-refractivity contribution in [2.24, 2.45) is 5.92 Å². The number of aromatic carboxylic acids is 1. The molecule has 0 aliphatic carbocycles. The number of amides is 1. The minimum Gasteiger partial charge on any atom is -0.478 e. The molecule has 0 aliphatic heterocycles. The monoisotopic (exact) mass is 282 g/mol. The van der Waals surface area contributed by atoms with Crippen LogP contribution in [0, 0.1) is 11.7 Å². The normalized spacial score (nSPS) is 10.4. The Bertz CT molecular complexity index is 503. The van der Waals surface area contributed by atoms with Gasteiger partial charge in [-0.1, -0.05) is 19.9 Å². The average Bonchev–Trinajstić information content (AvgIpc) is 2.35. The Morgan fingerprint density at radius 3 is 2.60 bits per heavy atom. The summed E-state index contributed by atoms with van der Waals surface area (Å²) in [6, 6.07) is 3.81. The van der Waals surface area contributed by atoms with E-state index >= 15 is 0 Å². The highest BCUT2D eigenvalue weighted by molar-refractivity contribution is 5.95. The smallest absolute Gasteiger partial charge is 0.337 e. The molecular weight excluding hydrogens is 263 g/mol. The topological polar surface area (TPSA) is 69.6 Å². The molecule has 1 aromatic rings. The van der Waals surface area contributed by atoms with E-state index in [1.54, 1.807) is 0 Å². The Hall–Kier alpha value is -2.11. The zero-order valence-corrected chi connectivity index (χ0v) is 11.8. The summed E-state index contributed by atoms with van der Waals surface area (Å²) in [4.78, 5) is 24.1. The molecule has 0 radical (unpaired) electrons. The van der Waals surface area contributed by atoms with E-state index in [4.69, 9.17) is 5.11 Å². The van der Waals surface area contributed by atoms with E-state index in [1.807, 2.05) is 13.8 Å². The van der Waals surface area contributed by atoms with E-state index in [0.717, 1.165) is 0 Å². The molecular formula is C14H19FN2O3. The Morgan fingerprint density at radius 2 is 2.05 bits per heavy atom. The van der Waals surface area contributed by atoms with Crippen LogP contribution in [0.25, 0.3) is 0 Å². The second-order valence-electron chi connectivity index (χ2n) is 5.00. The summed E-state index contributed by atoms with van der Waals surface area (Å²) in [6.45, 7) is 4.34. The third-order valence-corrected chi connectivity index (χ3v) is 2.69. The van der Waals surface area contributed by atoms with Crippen molar-refractivity contribution in [1.82, 2.24) is 5.32 Å². The number of carbonyl (C=O) groups excluding carboxylic acids is 1. The van der Waals surface area contributed by atoms with Crippen molar-refractivity contribution in [2.75, 3.05) is 25.0 Å². The van der Waals surface area contributed by atoms with Crippen molar-refractivity contribution < 1.29 is 19.1 Å². The Morgan fingerprint density at radius 1 is 1.40 bits per heavy atom. The van der Waals surface area contributed by atoms with Gasteiger partial charge < -0.3 is 15.3 Å². The first kappa shape index (κ1) is 15.9. The van der Waals surface area contributed by atoms with Crippen LogP contribution >= 0.6 is 0 Å². The third kappa shape index (κ3) is 4.22. The molecule has 0 bridgehead atoms. The minimum atomic E-state index is -1.23. The number of carboxylic acids is 1. The summed E-state index contributed by atoms with van der Waals surface area (Å²) >= 11 is 0. The quantitative estimate of drug-likeness (QED) is 0.833. The number of benzene rings is 1. The fourth-order valence-corrected chi connectivity index (χ4v) is 1.74. The summed E-state index contributed by atoms with van der Waals surface area (Å²) < 4.78 is 13.8.